The van der Waals surface area contributed by atoms with Crippen LogP contribution in [0.25, 0.3) is 0 Å². The second-order valence-corrected chi connectivity index (χ2v) is 3.83. The normalized spacial score (nSPS) is 26.9. The molecule has 0 saturated carbocycles. The predicted octanol–water partition coefficient (Wildman–Crippen LogP) is 1.92. The van der Waals surface area contributed by atoms with Crippen molar-refractivity contribution in [2.24, 2.45) is 5.92 Å². The first-order chi connectivity index (χ1) is 6.33. The van der Waals surface area contributed by atoms with Crippen molar-refractivity contribution in [3.05, 3.63) is 29.6 Å². The summed E-state index contributed by atoms with van der Waals surface area (Å²) >= 11 is 0. The molecule has 1 aliphatic rings. The fourth-order valence-electron chi connectivity index (χ4n) is 2.18. The van der Waals surface area contributed by atoms with Gasteiger partial charge in [-0.05, 0) is 37.4 Å². The Morgan fingerprint density at radius 3 is 3.15 bits per heavy atom. The van der Waals surface area contributed by atoms with Crippen LogP contribution in [-0.2, 0) is 6.42 Å². The van der Waals surface area contributed by atoms with Crippen LogP contribution in [0.4, 0.5) is 0 Å². The number of hydrogen-bond acceptors (Lipinski definition) is 2. The van der Waals surface area contributed by atoms with E-state index in [1.165, 1.54) is 24.1 Å². The van der Waals surface area contributed by atoms with Gasteiger partial charge in [0.15, 0.2) is 0 Å². The molecule has 70 valence electrons. The lowest BCUT2D eigenvalue weighted by Crippen LogP contribution is -2.29. The van der Waals surface area contributed by atoms with Crippen LogP contribution in [0.15, 0.2) is 18.3 Å². The highest BCUT2D eigenvalue weighted by atomic mass is 14.9. The fourth-order valence-corrected chi connectivity index (χ4v) is 2.18. The number of nitrogens with zero attached hydrogens (tertiary/aromatic N) is 1. The van der Waals surface area contributed by atoms with Crippen LogP contribution in [-0.4, -0.2) is 12.0 Å². The summed E-state index contributed by atoms with van der Waals surface area (Å²) in [5.41, 5.74) is 2.67. The summed E-state index contributed by atoms with van der Waals surface area (Å²) in [5, 5.41) is 3.35. The third-order valence-electron chi connectivity index (χ3n) is 2.97. The van der Waals surface area contributed by atoms with E-state index in [1.807, 2.05) is 19.3 Å². The van der Waals surface area contributed by atoms with Crippen LogP contribution < -0.4 is 5.32 Å². The van der Waals surface area contributed by atoms with Gasteiger partial charge in [0.2, 0.25) is 0 Å². The van der Waals surface area contributed by atoms with E-state index in [0.717, 1.165) is 0 Å². The smallest absolute Gasteiger partial charge is 0.0607 e. The van der Waals surface area contributed by atoms with Crippen LogP contribution >= 0.6 is 0 Å². The van der Waals surface area contributed by atoms with Crippen LogP contribution in [0.1, 0.15) is 30.6 Å². The van der Waals surface area contributed by atoms with Gasteiger partial charge < -0.3 is 5.32 Å². The Morgan fingerprint density at radius 1 is 1.54 bits per heavy atom. The molecule has 0 radical (unpaired) electrons. The van der Waals surface area contributed by atoms with Gasteiger partial charge in [0, 0.05) is 6.20 Å². The summed E-state index contributed by atoms with van der Waals surface area (Å²) in [6.45, 7) is 2.29. The Hall–Kier alpha value is -0.890. The van der Waals surface area contributed by atoms with E-state index in [2.05, 4.69) is 23.3 Å². The zero-order chi connectivity index (χ0) is 9.26. The fraction of sp³-hybridized carbons (Fsp3) is 0.545. The minimum atomic E-state index is 0.449. The maximum Gasteiger partial charge on any atom is 0.0607 e. The minimum absolute atomic E-state index is 0.449. The Bertz CT molecular complexity index is 296. The molecule has 13 heavy (non-hydrogen) atoms. The zero-order valence-corrected chi connectivity index (χ0v) is 8.25. The number of nitrogens with one attached hydrogen (secondary N) is 1. The Balaban J connectivity index is 2.39. The first-order valence-electron chi connectivity index (χ1n) is 4.94. The number of aryl methyl sites for hydroxylation is 1. The monoisotopic (exact) mass is 176 g/mol. The third-order valence-corrected chi connectivity index (χ3v) is 2.97. The van der Waals surface area contributed by atoms with E-state index in [-0.39, 0.29) is 0 Å². The predicted molar refractivity (Wildman–Crippen MR) is 53.5 cm³/mol. The number of hydrogen-bond donors (Lipinski definition) is 1. The molecule has 0 aromatic carbocycles. The van der Waals surface area contributed by atoms with E-state index in [9.17, 15) is 0 Å². The van der Waals surface area contributed by atoms with Gasteiger partial charge in [0.25, 0.3) is 0 Å². The number of rotatable bonds is 1. The average Bonchev–Trinajstić information content (AvgIpc) is 2.18. The average molecular weight is 176 g/mol. The molecular weight excluding hydrogens is 160 g/mol. The molecule has 0 amide bonds. The van der Waals surface area contributed by atoms with Gasteiger partial charge in [0.1, 0.15) is 0 Å². The first-order valence-corrected chi connectivity index (χ1v) is 4.94. The SMILES string of the molecule is CNC1c2ncccc2CCC1C. The molecule has 2 nitrogen and oxygen atoms in total. The molecule has 0 bridgehead atoms. The van der Waals surface area contributed by atoms with Crippen LogP contribution in [0.5, 0.6) is 0 Å². The van der Waals surface area contributed by atoms with Gasteiger partial charge in [-0.25, -0.2) is 0 Å². The summed E-state index contributed by atoms with van der Waals surface area (Å²) in [5.74, 6) is 0.701. The van der Waals surface area contributed by atoms with Crippen molar-refractivity contribution in [2.75, 3.05) is 7.05 Å². The minimum Gasteiger partial charge on any atom is -0.311 e. The lowest BCUT2D eigenvalue weighted by molar-refractivity contribution is 0.356. The molecule has 2 atom stereocenters. The quantitative estimate of drug-likeness (QED) is 0.707. The second-order valence-electron chi connectivity index (χ2n) is 3.83. The lowest BCUT2D eigenvalue weighted by atomic mass is 9.84. The van der Waals surface area contributed by atoms with Crippen LogP contribution in [0.3, 0.4) is 0 Å². The van der Waals surface area contributed by atoms with Crippen molar-refractivity contribution in [2.45, 2.75) is 25.8 Å². The van der Waals surface area contributed by atoms with E-state index < -0.39 is 0 Å². The van der Waals surface area contributed by atoms with Crippen molar-refractivity contribution >= 4 is 0 Å². The lowest BCUT2D eigenvalue weighted by Gasteiger charge is -2.29. The van der Waals surface area contributed by atoms with Gasteiger partial charge in [-0.1, -0.05) is 13.0 Å². The van der Waals surface area contributed by atoms with Crippen molar-refractivity contribution < 1.29 is 0 Å². The van der Waals surface area contributed by atoms with Crippen molar-refractivity contribution in [1.29, 1.82) is 0 Å². The molecule has 1 aliphatic carbocycles. The zero-order valence-electron chi connectivity index (χ0n) is 8.25. The van der Waals surface area contributed by atoms with E-state index >= 15 is 0 Å². The summed E-state index contributed by atoms with van der Waals surface area (Å²) in [6, 6.07) is 4.67. The highest BCUT2D eigenvalue weighted by molar-refractivity contribution is 5.26. The number of pyridine rings is 1. The van der Waals surface area contributed by atoms with Crippen molar-refractivity contribution in [3.8, 4) is 0 Å². The second kappa shape index (κ2) is 3.46. The molecule has 0 spiro atoms. The molecule has 0 aliphatic heterocycles. The Morgan fingerprint density at radius 2 is 2.38 bits per heavy atom. The van der Waals surface area contributed by atoms with E-state index in [4.69, 9.17) is 0 Å². The molecule has 1 N–H and O–H groups in total. The maximum atomic E-state index is 4.46. The third kappa shape index (κ3) is 1.46. The van der Waals surface area contributed by atoms with E-state index in [0.29, 0.717) is 12.0 Å². The van der Waals surface area contributed by atoms with Crippen LogP contribution in [0, 0.1) is 5.92 Å². The highest BCUT2D eigenvalue weighted by Gasteiger charge is 2.25. The van der Waals surface area contributed by atoms with Crippen LogP contribution in [0.2, 0.25) is 0 Å². The van der Waals surface area contributed by atoms with E-state index in [1.54, 1.807) is 0 Å². The van der Waals surface area contributed by atoms with Crippen molar-refractivity contribution in [1.82, 2.24) is 10.3 Å². The number of fused-ring (bicyclic) bond motifs is 1. The summed E-state index contributed by atoms with van der Waals surface area (Å²) in [7, 11) is 2.02. The van der Waals surface area contributed by atoms with Gasteiger partial charge in [0.05, 0.1) is 11.7 Å². The first kappa shape index (κ1) is 8.70. The molecule has 0 fully saturated rings. The number of aromatic nitrogens is 1. The molecule has 2 unspecified atom stereocenters. The molecule has 1 aromatic rings. The Labute approximate surface area is 79.4 Å². The molecule has 1 heterocycles. The molecule has 2 rings (SSSR count). The van der Waals surface area contributed by atoms with Gasteiger partial charge in [-0.15, -0.1) is 0 Å². The standard InChI is InChI=1S/C11H16N2/c1-8-5-6-9-4-3-7-13-11(9)10(8)12-2/h3-4,7-8,10,12H,5-6H2,1-2H3. The van der Waals surface area contributed by atoms with Gasteiger partial charge in [-0.2, -0.15) is 0 Å². The summed E-state index contributed by atoms with van der Waals surface area (Å²) in [4.78, 5) is 4.46. The molecular formula is C11H16N2. The van der Waals surface area contributed by atoms with Gasteiger partial charge >= 0.3 is 0 Å². The maximum absolute atomic E-state index is 4.46. The highest BCUT2D eigenvalue weighted by Crippen LogP contribution is 2.31. The van der Waals surface area contributed by atoms with Gasteiger partial charge in [-0.3, -0.25) is 4.98 Å². The molecule has 2 heteroatoms. The topological polar surface area (TPSA) is 24.9 Å². The largest absolute Gasteiger partial charge is 0.311 e. The molecule has 1 aromatic heterocycles. The summed E-state index contributed by atoms with van der Waals surface area (Å²) in [6.07, 6.45) is 4.34. The molecule has 0 saturated heterocycles. The Kier molecular flexibility index (Phi) is 2.32. The summed E-state index contributed by atoms with van der Waals surface area (Å²) < 4.78 is 0. The van der Waals surface area contributed by atoms with Crippen molar-refractivity contribution in [3.63, 3.8) is 0 Å².